The van der Waals surface area contributed by atoms with E-state index in [2.05, 4.69) is 4.98 Å². The summed E-state index contributed by atoms with van der Waals surface area (Å²) in [6.07, 6.45) is 0.601. The Bertz CT molecular complexity index is 1010. The largest absolute Gasteiger partial charge is 0.358 e. The molecule has 2 aromatic carbocycles. The van der Waals surface area contributed by atoms with Crippen LogP contribution >= 0.6 is 0 Å². The SMILES string of the molecule is Cc1[nH]c2ccc(S(=O)(=O)c3cc(F)cc(F)c3)cc2c1CCN. The quantitative estimate of drug-likeness (QED) is 0.759. The van der Waals surface area contributed by atoms with E-state index in [1.807, 2.05) is 6.92 Å². The predicted octanol–water partition coefficient (Wildman–Crippen LogP) is 3.09. The lowest BCUT2D eigenvalue weighted by atomic mass is 10.1. The van der Waals surface area contributed by atoms with Crippen molar-refractivity contribution in [3.05, 3.63) is 59.3 Å². The molecule has 3 N–H and O–H groups in total. The van der Waals surface area contributed by atoms with Gasteiger partial charge in [0.25, 0.3) is 0 Å². The van der Waals surface area contributed by atoms with Gasteiger partial charge in [0.2, 0.25) is 9.84 Å². The third kappa shape index (κ3) is 2.81. The van der Waals surface area contributed by atoms with Crippen molar-refractivity contribution in [1.29, 1.82) is 0 Å². The van der Waals surface area contributed by atoms with Gasteiger partial charge in [-0.3, -0.25) is 0 Å². The second-order valence-electron chi connectivity index (χ2n) is 5.58. The Morgan fingerprint density at radius 1 is 1.04 bits per heavy atom. The molecular weight excluding hydrogens is 334 g/mol. The van der Waals surface area contributed by atoms with Crippen molar-refractivity contribution in [1.82, 2.24) is 4.98 Å². The van der Waals surface area contributed by atoms with Crippen molar-refractivity contribution >= 4 is 20.7 Å². The van der Waals surface area contributed by atoms with Crippen LogP contribution in [0.25, 0.3) is 10.9 Å². The van der Waals surface area contributed by atoms with Gasteiger partial charge in [-0.15, -0.1) is 0 Å². The minimum absolute atomic E-state index is 0.0164. The van der Waals surface area contributed by atoms with E-state index in [-0.39, 0.29) is 4.90 Å². The van der Waals surface area contributed by atoms with E-state index >= 15 is 0 Å². The second-order valence-corrected chi connectivity index (χ2v) is 7.53. The topological polar surface area (TPSA) is 76.0 Å². The monoisotopic (exact) mass is 350 g/mol. The Morgan fingerprint density at radius 3 is 2.33 bits per heavy atom. The van der Waals surface area contributed by atoms with Crippen LogP contribution in [0.1, 0.15) is 11.3 Å². The minimum Gasteiger partial charge on any atom is -0.358 e. The number of nitrogens with one attached hydrogen (secondary N) is 1. The van der Waals surface area contributed by atoms with Gasteiger partial charge in [-0.2, -0.15) is 0 Å². The molecule has 0 fully saturated rings. The first kappa shape index (κ1) is 16.6. The maximum atomic E-state index is 13.4. The van der Waals surface area contributed by atoms with E-state index in [9.17, 15) is 17.2 Å². The summed E-state index contributed by atoms with van der Waals surface area (Å²) in [4.78, 5) is 2.75. The van der Waals surface area contributed by atoms with Gasteiger partial charge in [-0.25, -0.2) is 17.2 Å². The zero-order valence-corrected chi connectivity index (χ0v) is 13.8. The summed E-state index contributed by atoms with van der Waals surface area (Å²) < 4.78 is 52.1. The van der Waals surface area contributed by atoms with Crippen LogP contribution in [0.2, 0.25) is 0 Å². The normalized spacial score (nSPS) is 12.0. The Kier molecular flexibility index (Phi) is 4.15. The first-order valence-corrected chi connectivity index (χ1v) is 8.83. The molecular formula is C17H16F2N2O2S. The Labute approximate surface area is 138 Å². The molecule has 1 heterocycles. The Hall–Kier alpha value is -2.25. The molecule has 4 nitrogen and oxygen atoms in total. The van der Waals surface area contributed by atoms with E-state index < -0.39 is 26.4 Å². The Morgan fingerprint density at radius 2 is 1.71 bits per heavy atom. The summed E-state index contributed by atoms with van der Waals surface area (Å²) >= 11 is 0. The number of aryl methyl sites for hydroxylation is 1. The lowest BCUT2D eigenvalue weighted by molar-refractivity contribution is 0.567. The summed E-state index contributed by atoms with van der Waals surface area (Å²) in [6.45, 7) is 2.32. The number of aromatic nitrogens is 1. The number of rotatable bonds is 4. The Balaban J connectivity index is 2.19. The van der Waals surface area contributed by atoms with E-state index in [0.29, 0.717) is 19.0 Å². The lowest BCUT2D eigenvalue weighted by Gasteiger charge is -2.06. The van der Waals surface area contributed by atoms with Crippen LogP contribution < -0.4 is 5.73 Å². The van der Waals surface area contributed by atoms with Crippen molar-refractivity contribution in [3.63, 3.8) is 0 Å². The molecule has 3 rings (SSSR count). The van der Waals surface area contributed by atoms with Gasteiger partial charge in [-0.1, -0.05) is 0 Å². The van der Waals surface area contributed by atoms with Crippen LogP contribution in [-0.2, 0) is 16.3 Å². The predicted molar refractivity (Wildman–Crippen MR) is 87.6 cm³/mol. The molecule has 0 amide bonds. The maximum absolute atomic E-state index is 13.4. The number of fused-ring (bicyclic) bond motifs is 1. The minimum atomic E-state index is -4.02. The third-order valence-corrected chi connectivity index (χ3v) is 5.67. The van der Waals surface area contributed by atoms with Gasteiger partial charge in [0, 0.05) is 22.7 Å². The highest BCUT2D eigenvalue weighted by Crippen LogP contribution is 2.29. The number of benzene rings is 2. The van der Waals surface area contributed by atoms with Crippen LogP contribution in [0, 0.1) is 18.6 Å². The van der Waals surface area contributed by atoms with Crippen molar-refractivity contribution in [2.45, 2.75) is 23.1 Å². The van der Waals surface area contributed by atoms with Crippen molar-refractivity contribution in [2.75, 3.05) is 6.54 Å². The zero-order valence-electron chi connectivity index (χ0n) is 12.9. The van der Waals surface area contributed by atoms with Crippen LogP contribution in [-0.4, -0.2) is 19.9 Å². The molecule has 7 heteroatoms. The highest BCUT2D eigenvalue weighted by molar-refractivity contribution is 7.91. The average molecular weight is 350 g/mol. The molecule has 0 aliphatic rings. The highest BCUT2D eigenvalue weighted by atomic mass is 32.2. The molecule has 24 heavy (non-hydrogen) atoms. The van der Waals surface area contributed by atoms with Gasteiger partial charge in [0.05, 0.1) is 9.79 Å². The van der Waals surface area contributed by atoms with Crippen molar-refractivity contribution in [2.24, 2.45) is 5.73 Å². The van der Waals surface area contributed by atoms with Gasteiger partial charge in [-0.05, 0) is 55.8 Å². The fraction of sp³-hybridized carbons (Fsp3) is 0.176. The van der Waals surface area contributed by atoms with Crippen LogP contribution in [0.4, 0.5) is 8.78 Å². The molecule has 0 saturated heterocycles. The molecule has 0 aliphatic carbocycles. The fourth-order valence-corrected chi connectivity index (χ4v) is 4.14. The molecule has 3 aromatic rings. The van der Waals surface area contributed by atoms with E-state index in [1.165, 1.54) is 12.1 Å². The molecule has 0 unspecified atom stereocenters. The summed E-state index contributed by atoms with van der Waals surface area (Å²) in [5.41, 5.74) is 8.26. The first-order valence-electron chi connectivity index (χ1n) is 7.35. The average Bonchev–Trinajstić information content (AvgIpc) is 2.82. The smallest absolute Gasteiger partial charge is 0.206 e. The van der Waals surface area contributed by atoms with Gasteiger partial charge >= 0.3 is 0 Å². The van der Waals surface area contributed by atoms with E-state index in [1.54, 1.807) is 6.07 Å². The van der Waals surface area contributed by atoms with E-state index in [4.69, 9.17) is 5.73 Å². The van der Waals surface area contributed by atoms with Crippen molar-refractivity contribution < 1.29 is 17.2 Å². The molecule has 0 spiro atoms. The first-order chi connectivity index (χ1) is 11.3. The highest BCUT2D eigenvalue weighted by Gasteiger charge is 2.21. The molecule has 0 aliphatic heterocycles. The molecule has 0 radical (unpaired) electrons. The standard InChI is InChI=1S/C17H16F2N2O2S/c1-10-15(4-5-20)16-9-13(2-3-17(16)21-10)24(22,23)14-7-11(18)6-12(19)8-14/h2-3,6-9,21H,4-5,20H2,1H3. The third-order valence-electron chi connectivity index (χ3n) is 3.94. The van der Waals surface area contributed by atoms with E-state index in [0.717, 1.165) is 34.3 Å². The summed E-state index contributed by atoms with van der Waals surface area (Å²) in [5.74, 6) is -1.87. The molecule has 0 bridgehead atoms. The van der Waals surface area contributed by atoms with Crippen LogP contribution in [0.5, 0.6) is 0 Å². The van der Waals surface area contributed by atoms with Gasteiger partial charge < -0.3 is 10.7 Å². The lowest BCUT2D eigenvalue weighted by Crippen LogP contribution is -2.04. The number of H-pyrrole nitrogens is 1. The van der Waals surface area contributed by atoms with Gasteiger partial charge in [0.15, 0.2) is 0 Å². The van der Waals surface area contributed by atoms with Crippen LogP contribution in [0.3, 0.4) is 0 Å². The summed E-state index contributed by atoms with van der Waals surface area (Å²) in [7, 11) is -4.02. The van der Waals surface area contributed by atoms with Crippen molar-refractivity contribution in [3.8, 4) is 0 Å². The number of nitrogens with two attached hydrogens (primary N) is 1. The molecule has 0 saturated carbocycles. The number of sulfone groups is 1. The number of hydrogen-bond acceptors (Lipinski definition) is 3. The molecule has 126 valence electrons. The second kappa shape index (κ2) is 5.99. The summed E-state index contributed by atoms with van der Waals surface area (Å²) in [5, 5.41) is 0.746. The van der Waals surface area contributed by atoms with Crippen LogP contribution in [0.15, 0.2) is 46.2 Å². The molecule has 0 atom stereocenters. The fourth-order valence-electron chi connectivity index (χ4n) is 2.81. The van der Waals surface area contributed by atoms with Gasteiger partial charge in [0.1, 0.15) is 11.6 Å². The number of hydrogen-bond donors (Lipinski definition) is 2. The molecule has 1 aromatic heterocycles. The zero-order chi connectivity index (χ0) is 17.5. The summed E-state index contributed by atoms with van der Waals surface area (Å²) in [6, 6.07) is 6.84. The number of aromatic amines is 1. The number of halogens is 2. The maximum Gasteiger partial charge on any atom is 0.206 e.